The predicted molar refractivity (Wildman–Crippen MR) is 106 cm³/mol. The molecule has 0 aromatic heterocycles. The SMILES string of the molecule is CCCOCC1CCC(c2ccc(-c3ccc(OCC)c(F)c3F)c(F)c2)CO1. The summed E-state index contributed by atoms with van der Waals surface area (Å²) in [6.45, 7) is 5.75. The van der Waals surface area contributed by atoms with Crippen molar-refractivity contribution in [3.05, 3.63) is 53.3 Å². The molecule has 0 amide bonds. The van der Waals surface area contributed by atoms with Gasteiger partial charge < -0.3 is 14.2 Å². The third-order valence-corrected chi connectivity index (χ3v) is 5.12. The number of hydrogen-bond acceptors (Lipinski definition) is 3. The smallest absolute Gasteiger partial charge is 0.201 e. The van der Waals surface area contributed by atoms with Crippen molar-refractivity contribution in [2.45, 2.75) is 45.1 Å². The van der Waals surface area contributed by atoms with Crippen molar-refractivity contribution in [2.75, 3.05) is 26.4 Å². The van der Waals surface area contributed by atoms with Crippen LogP contribution >= 0.6 is 0 Å². The van der Waals surface area contributed by atoms with Gasteiger partial charge in [-0.1, -0.05) is 19.1 Å². The van der Waals surface area contributed by atoms with Crippen LogP contribution in [0.5, 0.6) is 5.75 Å². The number of benzene rings is 2. The molecular formula is C23H27F3O3. The average molecular weight is 408 g/mol. The molecule has 2 aromatic rings. The molecule has 0 spiro atoms. The topological polar surface area (TPSA) is 27.7 Å². The fourth-order valence-corrected chi connectivity index (χ4v) is 3.57. The highest BCUT2D eigenvalue weighted by Crippen LogP contribution is 2.34. The Hall–Kier alpha value is -2.05. The lowest BCUT2D eigenvalue weighted by atomic mass is 9.90. The van der Waals surface area contributed by atoms with E-state index < -0.39 is 17.5 Å². The lowest BCUT2D eigenvalue weighted by Crippen LogP contribution is -2.28. The van der Waals surface area contributed by atoms with E-state index in [1.807, 2.05) is 0 Å². The molecule has 1 fully saturated rings. The van der Waals surface area contributed by atoms with E-state index in [1.165, 1.54) is 24.3 Å². The van der Waals surface area contributed by atoms with Crippen LogP contribution in [-0.2, 0) is 9.47 Å². The van der Waals surface area contributed by atoms with Gasteiger partial charge in [0.15, 0.2) is 11.6 Å². The zero-order valence-electron chi connectivity index (χ0n) is 16.8. The van der Waals surface area contributed by atoms with Gasteiger partial charge in [-0.25, -0.2) is 8.78 Å². The third kappa shape index (κ3) is 5.11. The van der Waals surface area contributed by atoms with Gasteiger partial charge in [0.25, 0.3) is 0 Å². The monoisotopic (exact) mass is 408 g/mol. The fourth-order valence-electron chi connectivity index (χ4n) is 3.57. The Morgan fingerprint density at radius 3 is 2.45 bits per heavy atom. The van der Waals surface area contributed by atoms with Gasteiger partial charge in [0.2, 0.25) is 5.82 Å². The zero-order chi connectivity index (χ0) is 20.8. The molecule has 0 radical (unpaired) electrons. The van der Waals surface area contributed by atoms with Crippen molar-refractivity contribution in [1.29, 1.82) is 0 Å². The maximum atomic E-state index is 14.8. The van der Waals surface area contributed by atoms with Crippen LogP contribution in [-0.4, -0.2) is 32.5 Å². The van der Waals surface area contributed by atoms with Gasteiger partial charge in [0, 0.05) is 23.7 Å². The first-order chi connectivity index (χ1) is 14.0. The first kappa shape index (κ1) is 21.7. The van der Waals surface area contributed by atoms with E-state index in [1.54, 1.807) is 13.0 Å². The minimum atomic E-state index is -1.11. The van der Waals surface area contributed by atoms with Gasteiger partial charge in [-0.05, 0) is 49.9 Å². The van der Waals surface area contributed by atoms with Gasteiger partial charge in [0.05, 0.1) is 25.9 Å². The van der Waals surface area contributed by atoms with Crippen LogP contribution in [0.15, 0.2) is 30.3 Å². The summed E-state index contributed by atoms with van der Waals surface area (Å²) >= 11 is 0. The quantitative estimate of drug-likeness (QED) is 0.512. The fraction of sp³-hybridized carbons (Fsp3) is 0.478. The maximum absolute atomic E-state index is 14.8. The minimum Gasteiger partial charge on any atom is -0.491 e. The highest BCUT2D eigenvalue weighted by molar-refractivity contribution is 5.66. The predicted octanol–water partition coefficient (Wildman–Crippen LogP) is 5.86. The third-order valence-electron chi connectivity index (χ3n) is 5.12. The number of rotatable bonds is 8. The Kier molecular flexibility index (Phi) is 7.56. The summed E-state index contributed by atoms with van der Waals surface area (Å²) in [5, 5.41) is 0. The molecule has 2 aromatic carbocycles. The first-order valence-corrected chi connectivity index (χ1v) is 10.1. The minimum absolute atomic E-state index is 0.0239. The van der Waals surface area contributed by atoms with E-state index >= 15 is 0 Å². The van der Waals surface area contributed by atoms with Crippen LogP contribution in [0.25, 0.3) is 11.1 Å². The van der Waals surface area contributed by atoms with Crippen molar-refractivity contribution < 1.29 is 27.4 Å². The molecule has 1 heterocycles. The molecule has 0 bridgehead atoms. The second kappa shape index (κ2) is 10.1. The number of hydrogen-bond donors (Lipinski definition) is 0. The van der Waals surface area contributed by atoms with E-state index in [0.717, 1.165) is 31.4 Å². The lowest BCUT2D eigenvalue weighted by molar-refractivity contribution is -0.0481. The van der Waals surface area contributed by atoms with Gasteiger partial charge in [-0.3, -0.25) is 0 Å². The van der Waals surface area contributed by atoms with E-state index in [0.29, 0.717) is 13.2 Å². The van der Waals surface area contributed by atoms with E-state index in [4.69, 9.17) is 14.2 Å². The highest BCUT2D eigenvalue weighted by atomic mass is 19.2. The molecule has 3 rings (SSSR count). The standard InChI is InChI=1S/C23H27F3O3/c1-3-11-27-14-17-7-5-16(13-29-17)15-6-8-18(20(24)12-15)19-9-10-21(28-4-2)23(26)22(19)25/h6,8-10,12,16-17H,3-5,7,11,13-14H2,1-2H3. The molecule has 158 valence electrons. The van der Waals surface area contributed by atoms with Crippen LogP contribution in [0.1, 0.15) is 44.6 Å². The van der Waals surface area contributed by atoms with Crippen LogP contribution < -0.4 is 4.74 Å². The first-order valence-electron chi connectivity index (χ1n) is 10.1. The molecule has 2 unspecified atom stereocenters. The Bertz CT molecular complexity index is 817. The summed E-state index contributed by atoms with van der Waals surface area (Å²) in [6, 6.07) is 7.31. The van der Waals surface area contributed by atoms with Crippen molar-refractivity contribution in [3.8, 4) is 16.9 Å². The summed E-state index contributed by atoms with van der Waals surface area (Å²) in [5.74, 6) is -2.91. The molecule has 1 aliphatic rings. The van der Waals surface area contributed by atoms with Crippen LogP contribution in [0, 0.1) is 17.5 Å². The maximum Gasteiger partial charge on any atom is 0.201 e. The molecule has 6 heteroatoms. The zero-order valence-corrected chi connectivity index (χ0v) is 16.8. The molecule has 0 N–H and O–H groups in total. The lowest BCUT2D eigenvalue weighted by Gasteiger charge is -2.29. The molecular weight excluding hydrogens is 381 g/mol. The molecule has 0 saturated carbocycles. The van der Waals surface area contributed by atoms with Crippen molar-refractivity contribution in [3.63, 3.8) is 0 Å². The van der Waals surface area contributed by atoms with E-state index in [-0.39, 0.29) is 35.5 Å². The van der Waals surface area contributed by atoms with E-state index in [9.17, 15) is 13.2 Å². The summed E-state index contributed by atoms with van der Waals surface area (Å²) in [4.78, 5) is 0. The highest BCUT2D eigenvalue weighted by Gasteiger charge is 2.24. The Morgan fingerprint density at radius 1 is 1.00 bits per heavy atom. The van der Waals surface area contributed by atoms with Crippen LogP contribution in [0.3, 0.4) is 0 Å². The average Bonchev–Trinajstić information content (AvgIpc) is 2.73. The second-order valence-electron chi connectivity index (χ2n) is 7.22. The van der Waals surface area contributed by atoms with Gasteiger partial charge in [-0.15, -0.1) is 0 Å². The molecule has 2 atom stereocenters. The Labute approximate surface area is 169 Å². The Morgan fingerprint density at radius 2 is 1.79 bits per heavy atom. The summed E-state index contributed by atoms with van der Waals surface area (Å²) < 4.78 is 59.7. The second-order valence-corrected chi connectivity index (χ2v) is 7.22. The number of halogens is 3. The number of ether oxygens (including phenoxy) is 3. The molecule has 1 aliphatic heterocycles. The largest absolute Gasteiger partial charge is 0.491 e. The normalized spacial score (nSPS) is 19.3. The van der Waals surface area contributed by atoms with E-state index in [2.05, 4.69) is 6.92 Å². The summed E-state index contributed by atoms with van der Waals surface area (Å²) in [7, 11) is 0. The summed E-state index contributed by atoms with van der Waals surface area (Å²) in [6.07, 6.45) is 2.75. The van der Waals surface area contributed by atoms with Gasteiger partial charge in [0.1, 0.15) is 5.82 Å². The van der Waals surface area contributed by atoms with Crippen molar-refractivity contribution >= 4 is 0 Å². The molecule has 0 aliphatic carbocycles. The summed E-state index contributed by atoms with van der Waals surface area (Å²) in [5.41, 5.74) is 0.699. The van der Waals surface area contributed by atoms with Gasteiger partial charge >= 0.3 is 0 Å². The van der Waals surface area contributed by atoms with Crippen LogP contribution in [0.4, 0.5) is 13.2 Å². The molecule has 29 heavy (non-hydrogen) atoms. The van der Waals surface area contributed by atoms with Crippen molar-refractivity contribution in [2.24, 2.45) is 0 Å². The molecule has 3 nitrogen and oxygen atoms in total. The van der Waals surface area contributed by atoms with Gasteiger partial charge in [-0.2, -0.15) is 4.39 Å². The molecule has 1 saturated heterocycles. The van der Waals surface area contributed by atoms with Crippen molar-refractivity contribution in [1.82, 2.24) is 0 Å². The Balaban J connectivity index is 1.71. The van der Waals surface area contributed by atoms with Crippen LogP contribution in [0.2, 0.25) is 0 Å².